The van der Waals surface area contributed by atoms with Gasteiger partial charge in [0.1, 0.15) is 0 Å². The molecule has 108 valence electrons. The lowest BCUT2D eigenvalue weighted by molar-refractivity contribution is -0.140. The van der Waals surface area contributed by atoms with Crippen molar-refractivity contribution in [3.05, 3.63) is 23.8 Å². The van der Waals surface area contributed by atoms with Gasteiger partial charge < -0.3 is 14.2 Å². The van der Waals surface area contributed by atoms with Gasteiger partial charge in [-0.05, 0) is 31.0 Å². The van der Waals surface area contributed by atoms with Crippen LogP contribution < -0.4 is 9.47 Å². The van der Waals surface area contributed by atoms with Gasteiger partial charge in [0.25, 0.3) is 0 Å². The number of carbonyl (C=O) groups is 1. The number of methoxy groups -OCH3 is 2. The number of aryl methyl sites for hydroxylation is 1. The van der Waals surface area contributed by atoms with Gasteiger partial charge in [0.2, 0.25) is 0 Å². The SMILES string of the molecule is CC.COC(=O)CCCOc1ccc(C)cc1OC. The van der Waals surface area contributed by atoms with Gasteiger partial charge in [0, 0.05) is 6.42 Å². The van der Waals surface area contributed by atoms with Gasteiger partial charge in [-0.25, -0.2) is 0 Å². The van der Waals surface area contributed by atoms with Crippen LogP contribution in [0.25, 0.3) is 0 Å². The molecule has 0 spiro atoms. The van der Waals surface area contributed by atoms with Crippen molar-refractivity contribution in [1.29, 1.82) is 0 Å². The van der Waals surface area contributed by atoms with Crippen LogP contribution in [0.3, 0.4) is 0 Å². The molecule has 0 atom stereocenters. The van der Waals surface area contributed by atoms with E-state index in [0.29, 0.717) is 30.9 Å². The Morgan fingerprint density at radius 3 is 2.42 bits per heavy atom. The van der Waals surface area contributed by atoms with Crippen molar-refractivity contribution in [3.8, 4) is 11.5 Å². The van der Waals surface area contributed by atoms with E-state index in [1.165, 1.54) is 7.11 Å². The highest BCUT2D eigenvalue weighted by Gasteiger charge is 2.05. The zero-order valence-corrected chi connectivity index (χ0v) is 12.5. The normalized spacial score (nSPS) is 9.11. The third kappa shape index (κ3) is 6.70. The smallest absolute Gasteiger partial charge is 0.305 e. The summed E-state index contributed by atoms with van der Waals surface area (Å²) in [5.41, 5.74) is 1.11. The van der Waals surface area contributed by atoms with Crippen molar-refractivity contribution in [1.82, 2.24) is 0 Å². The molecule has 0 aliphatic rings. The standard InChI is InChI=1S/C13H18O4.C2H6/c1-10-6-7-11(12(9-10)15-2)17-8-4-5-13(14)16-3;1-2/h6-7,9H,4-5,8H2,1-3H3;1-2H3. The Labute approximate surface area is 115 Å². The van der Waals surface area contributed by atoms with Gasteiger partial charge in [0.05, 0.1) is 20.8 Å². The lowest BCUT2D eigenvalue weighted by Crippen LogP contribution is -2.05. The third-order valence-corrected chi connectivity index (χ3v) is 2.33. The second kappa shape index (κ2) is 10.2. The van der Waals surface area contributed by atoms with Crippen LogP contribution in [-0.4, -0.2) is 26.8 Å². The Balaban J connectivity index is 0.00000154. The summed E-state index contributed by atoms with van der Waals surface area (Å²) in [7, 11) is 2.99. The van der Waals surface area contributed by atoms with Crippen LogP contribution in [0.15, 0.2) is 18.2 Å². The molecule has 1 rings (SSSR count). The van der Waals surface area contributed by atoms with E-state index in [2.05, 4.69) is 4.74 Å². The summed E-state index contributed by atoms with van der Waals surface area (Å²) < 4.78 is 15.3. The largest absolute Gasteiger partial charge is 0.493 e. The van der Waals surface area contributed by atoms with Crippen LogP contribution in [0.2, 0.25) is 0 Å². The van der Waals surface area contributed by atoms with Crippen LogP contribution in [0, 0.1) is 6.92 Å². The van der Waals surface area contributed by atoms with Crippen molar-refractivity contribution >= 4 is 5.97 Å². The van der Waals surface area contributed by atoms with Gasteiger partial charge in [-0.3, -0.25) is 4.79 Å². The monoisotopic (exact) mass is 268 g/mol. The molecule has 4 nitrogen and oxygen atoms in total. The molecule has 0 saturated carbocycles. The fourth-order valence-electron chi connectivity index (χ4n) is 1.39. The number of rotatable bonds is 6. The van der Waals surface area contributed by atoms with E-state index in [1.807, 2.05) is 39.0 Å². The van der Waals surface area contributed by atoms with Crippen molar-refractivity contribution in [2.24, 2.45) is 0 Å². The van der Waals surface area contributed by atoms with Crippen molar-refractivity contribution in [2.75, 3.05) is 20.8 Å². The highest BCUT2D eigenvalue weighted by molar-refractivity contribution is 5.69. The van der Waals surface area contributed by atoms with Crippen molar-refractivity contribution < 1.29 is 19.0 Å². The lowest BCUT2D eigenvalue weighted by Gasteiger charge is -2.10. The molecule has 0 saturated heterocycles. The second-order valence-corrected chi connectivity index (χ2v) is 3.68. The third-order valence-electron chi connectivity index (χ3n) is 2.33. The zero-order valence-electron chi connectivity index (χ0n) is 12.5. The molecule has 1 aromatic carbocycles. The first-order valence-corrected chi connectivity index (χ1v) is 6.51. The first-order valence-electron chi connectivity index (χ1n) is 6.51. The summed E-state index contributed by atoms with van der Waals surface area (Å²) in [6.07, 6.45) is 0.994. The number of hydrogen-bond donors (Lipinski definition) is 0. The van der Waals surface area contributed by atoms with Crippen molar-refractivity contribution in [3.63, 3.8) is 0 Å². The van der Waals surface area contributed by atoms with Crippen LogP contribution in [0.4, 0.5) is 0 Å². The van der Waals surface area contributed by atoms with E-state index in [0.717, 1.165) is 5.56 Å². The summed E-state index contributed by atoms with van der Waals surface area (Å²) in [5.74, 6) is 1.19. The molecule has 0 aromatic heterocycles. The van der Waals surface area contributed by atoms with Gasteiger partial charge in [-0.15, -0.1) is 0 Å². The Hall–Kier alpha value is -1.71. The van der Waals surface area contributed by atoms with E-state index < -0.39 is 0 Å². The second-order valence-electron chi connectivity index (χ2n) is 3.68. The minimum absolute atomic E-state index is 0.218. The summed E-state index contributed by atoms with van der Waals surface area (Å²) in [6, 6.07) is 5.74. The van der Waals surface area contributed by atoms with E-state index in [-0.39, 0.29) is 5.97 Å². The van der Waals surface area contributed by atoms with E-state index in [4.69, 9.17) is 9.47 Å². The first-order chi connectivity index (χ1) is 9.17. The molecule has 0 fully saturated rings. The first kappa shape index (κ1) is 17.3. The number of hydrogen-bond acceptors (Lipinski definition) is 4. The lowest BCUT2D eigenvalue weighted by atomic mass is 10.2. The molecule has 0 bridgehead atoms. The van der Waals surface area contributed by atoms with Crippen LogP contribution in [0.1, 0.15) is 32.3 Å². The molecular formula is C15H24O4. The van der Waals surface area contributed by atoms with E-state index >= 15 is 0 Å². The fourth-order valence-corrected chi connectivity index (χ4v) is 1.39. The highest BCUT2D eigenvalue weighted by Crippen LogP contribution is 2.27. The maximum Gasteiger partial charge on any atom is 0.305 e. The summed E-state index contributed by atoms with van der Waals surface area (Å²) in [4.78, 5) is 10.9. The molecule has 4 heteroatoms. The fraction of sp³-hybridized carbons (Fsp3) is 0.533. The molecule has 0 radical (unpaired) electrons. The van der Waals surface area contributed by atoms with Crippen LogP contribution in [0.5, 0.6) is 11.5 Å². The maximum atomic E-state index is 10.9. The average molecular weight is 268 g/mol. The number of esters is 1. The maximum absolute atomic E-state index is 10.9. The van der Waals surface area contributed by atoms with Crippen LogP contribution >= 0.6 is 0 Å². The van der Waals surface area contributed by atoms with E-state index in [1.54, 1.807) is 7.11 Å². The summed E-state index contributed by atoms with van der Waals surface area (Å²) >= 11 is 0. The Bertz CT molecular complexity index is 374. The molecule has 19 heavy (non-hydrogen) atoms. The molecule has 0 heterocycles. The molecule has 0 unspecified atom stereocenters. The number of carbonyl (C=O) groups excluding carboxylic acids is 1. The minimum Gasteiger partial charge on any atom is -0.493 e. The summed E-state index contributed by atoms with van der Waals surface area (Å²) in [6.45, 7) is 6.46. The Morgan fingerprint density at radius 1 is 1.16 bits per heavy atom. The van der Waals surface area contributed by atoms with Gasteiger partial charge in [-0.2, -0.15) is 0 Å². The molecule has 0 aliphatic carbocycles. The molecule has 0 amide bonds. The highest BCUT2D eigenvalue weighted by atomic mass is 16.5. The predicted octanol–water partition coefficient (Wildman–Crippen LogP) is 3.36. The van der Waals surface area contributed by atoms with Gasteiger partial charge in [-0.1, -0.05) is 19.9 Å². The van der Waals surface area contributed by atoms with Crippen molar-refractivity contribution in [2.45, 2.75) is 33.6 Å². The van der Waals surface area contributed by atoms with Crippen LogP contribution in [-0.2, 0) is 9.53 Å². The zero-order chi connectivity index (χ0) is 14.7. The molecule has 0 aliphatic heterocycles. The molecule has 1 aromatic rings. The predicted molar refractivity (Wildman–Crippen MR) is 75.8 cm³/mol. The topological polar surface area (TPSA) is 44.8 Å². The number of benzene rings is 1. The van der Waals surface area contributed by atoms with Gasteiger partial charge in [0.15, 0.2) is 11.5 Å². The Morgan fingerprint density at radius 2 is 1.84 bits per heavy atom. The molecule has 0 N–H and O–H groups in total. The minimum atomic E-state index is -0.218. The van der Waals surface area contributed by atoms with Gasteiger partial charge >= 0.3 is 5.97 Å². The molecular weight excluding hydrogens is 244 g/mol. The Kier molecular flexibility index (Phi) is 9.31. The summed E-state index contributed by atoms with van der Waals surface area (Å²) in [5, 5.41) is 0. The number of ether oxygens (including phenoxy) is 3. The quantitative estimate of drug-likeness (QED) is 0.586. The van der Waals surface area contributed by atoms with E-state index in [9.17, 15) is 4.79 Å². The average Bonchev–Trinajstić information content (AvgIpc) is 2.46.